The number of benzene rings is 1. The number of rotatable bonds is 15. The lowest BCUT2D eigenvalue weighted by Gasteiger charge is -2.08. The molecule has 0 atom stereocenters. The topological polar surface area (TPSA) is 122 Å². The molecule has 0 spiro atoms. The summed E-state index contributed by atoms with van der Waals surface area (Å²) in [5, 5.41) is 14.0. The Labute approximate surface area is 150 Å². The SMILES string of the molecule is N=Cc1ccc(OCCCNCCNCCCCCN=C(N)N)cc1. The zero-order chi connectivity index (χ0) is 18.2. The van der Waals surface area contributed by atoms with Crippen LogP contribution in [0.3, 0.4) is 0 Å². The first kappa shape index (κ1) is 20.9. The van der Waals surface area contributed by atoms with Gasteiger partial charge in [0.15, 0.2) is 5.96 Å². The Morgan fingerprint density at radius 3 is 2.28 bits per heavy atom. The van der Waals surface area contributed by atoms with E-state index in [4.69, 9.17) is 21.6 Å². The predicted molar refractivity (Wildman–Crippen MR) is 105 cm³/mol. The fourth-order valence-electron chi connectivity index (χ4n) is 2.22. The number of hydrogen-bond acceptors (Lipinski definition) is 5. The molecule has 1 aromatic rings. The van der Waals surface area contributed by atoms with Crippen molar-refractivity contribution < 1.29 is 4.74 Å². The van der Waals surface area contributed by atoms with Gasteiger partial charge < -0.3 is 32.2 Å². The van der Waals surface area contributed by atoms with E-state index in [0.717, 1.165) is 69.7 Å². The predicted octanol–water partition coefficient (Wildman–Crippen LogP) is 1.08. The third-order valence-electron chi connectivity index (χ3n) is 3.60. The molecule has 0 saturated carbocycles. The van der Waals surface area contributed by atoms with Crippen LogP contribution in [0.2, 0.25) is 0 Å². The molecule has 0 amide bonds. The average molecular weight is 348 g/mol. The maximum Gasteiger partial charge on any atom is 0.185 e. The normalized spacial score (nSPS) is 10.4. The second-order valence-corrected chi connectivity index (χ2v) is 5.78. The van der Waals surface area contributed by atoms with Gasteiger partial charge in [-0.25, -0.2) is 0 Å². The van der Waals surface area contributed by atoms with Gasteiger partial charge in [-0.05, 0) is 62.2 Å². The molecular weight excluding hydrogens is 316 g/mol. The van der Waals surface area contributed by atoms with Crippen LogP contribution >= 0.6 is 0 Å². The van der Waals surface area contributed by atoms with E-state index in [1.807, 2.05) is 24.3 Å². The van der Waals surface area contributed by atoms with Gasteiger partial charge in [-0.1, -0.05) is 6.42 Å². The summed E-state index contributed by atoms with van der Waals surface area (Å²) in [6, 6.07) is 7.56. The first-order chi connectivity index (χ1) is 12.2. The Hall–Kier alpha value is -2.12. The molecule has 0 heterocycles. The maximum absolute atomic E-state index is 7.15. The summed E-state index contributed by atoms with van der Waals surface area (Å²) in [7, 11) is 0. The molecule has 7 N–H and O–H groups in total. The molecule has 0 bridgehead atoms. The monoisotopic (exact) mass is 348 g/mol. The third kappa shape index (κ3) is 12.0. The van der Waals surface area contributed by atoms with Gasteiger partial charge in [-0.3, -0.25) is 4.99 Å². The van der Waals surface area contributed by atoms with Gasteiger partial charge in [0.2, 0.25) is 0 Å². The van der Waals surface area contributed by atoms with E-state index in [-0.39, 0.29) is 5.96 Å². The Balaban J connectivity index is 1.82. The van der Waals surface area contributed by atoms with Crippen molar-refractivity contribution in [3.05, 3.63) is 29.8 Å². The number of aliphatic imine (C=N–C) groups is 1. The van der Waals surface area contributed by atoms with E-state index in [9.17, 15) is 0 Å². The summed E-state index contributed by atoms with van der Waals surface area (Å²) in [4.78, 5) is 3.96. The van der Waals surface area contributed by atoms with Crippen LogP contribution in [-0.2, 0) is 0 Å². The van der Waals surface area contributed by atoms with Crippen LogP contribution in [0.15, 0.2) is 29.3 Å². The number of ether oxygens (including phenoxy) is 1. The van der Waals surface area contributed by atoms with Crippen LogP contribution in [0.5, 0.6) is 5.75 Å². The van der Waals surface area contributed by atoms with Crippen molar-refractivity contribution in [1.82, 2.24) is 10.6 Å². The Kier molecular flexibility index (Phi) is 11.9. The number of hydrogen-bond donors (Lipinski definition) is 5. The summed E-state index contributed by atoms with van der Waals surface area (Å²) in [5.41, 5.74) is 11.4. The van der Waals surface area contributed by atoms with Gasteiger partial charge in [0.05, 0.1) is 6.61 Å². The van der Waals surface area contributed by atoms with Crippen LogP contribution in [0.4, 0.5) is 0 Å². The molecule has 0 aliphatic heterocycles. The lowest BCUT2D eigenvalue weighted by molar-refractivity contribution is 0.308. The summed E-state index contributed by atoms with van der Waals surface area (Å²) >= 11 is 0. The summed E-state index contributed by atoms with van der Waals surface area (Å²) in [6.45, 7) is 5.32. The van der Waals surface area contributed by atoms with Crippen molar-refractivity contribution in [2.75, 3.05) is 39.3 Å². The van der Waals surface area contributed by atoms with Gasteiger partial charge in [0.1, 0.15) is 5.75 Å². The molecule has 0 fully saturated rings. The lowest BCUT2D eigenvalue weighted by atomic mass is 10.2. The lowest BCUT2D eigenvalue weighted by Crippen LogP contribution is -2.29. The summed E-state index contributed by atoms with van der Waals surface area (Å²) < 4.78 is 5.66. The van der Waals surface area contributed by atoms with Crippen molar-refractivity contribution in [2.24, 2.45) is 16.5 Å². The van der Waals surface area contributed by atoms with Crippen molar-refractivity contribution in [3.63, 3.8) is 0 Å². The quantitative estimate of drug-likeness (QED) is 0.184. The smallest absolute Gasteiger partial charge is 0.185 e. The third-order valence-corrected chi connectivity index (χ3v) is 3.60. The van der Waals surface area contributed by atoms with E-state index in [0.29, 0.717) is 6.61 Å². The Morgan fingerprint density at radius 2 is 1.64 bits per heavy atom. The summed E-state index contributed by atoms with van der Waals surface area (Å²) in [5.74, 6) is 1.03. The molecular formula is C18H32N6O. The number of nitrogens with zero attached hydrogens (tertiary/aromatic N) is 1. The standard InChI is InChI=1S/C18H32N6O/c19-15-16-5-7-17(8-6-16)25-14-4-10-23-13-12-22-9-2-1-3-11-24-18(20)21/h5-8,15,19,22-23H,1-4,9-14H2,(H4,20,21,24). The molecule has 7 nitrogen and oxygen atoms in total. The van der Waals surface area contributed by atoms with Crippen LogP contribution in [0.1, 0.15) is 31.2 Å². The van der Waals surface area contributed by atoms with E-state index in [1.54, 1.807) is 0 Å². The largest absolute Gasteiger partial charge is 0.494 e. The molecule has 0 aliphatic carbocycles. The van der Waals surface area contributed by atoms with Crippen LogP contribution in [-0.4, -0.2) is 51.5 Å². The zero-order valence-electron chi connectivity index (χ0n) is 15.0. The minimum absolute atomic E-state index is 0.176. The number of nitrogens with one attached hydrogen (secondary N) is 3. The zero-order valence-corrected chi connectivity index (χ0v) is 15.0. The van der Waals surface area contributed by atoms with Crippen LogP contribution in [0, 0.1) is 5.41 Å². The fraction of sp³-hybridized carbons (Fsp3) is 0.556. The Bertz CT molecular complexity index is 485. The average Bonchev–Trinajstić information content (AvgIpc) is 2.62. The van der Waals surface area contributed by atoms with Gasteiger partial charge in [-0.15, -0.1) is 0 Å². The molecule has 7 heteroatoms. The molecule has 0 aliphatic rings. The summed E-state index contributed by atoms with van der Waals surface area (Å²) in [6.07, 6.45) is 5.60. The number of unbranched alkanes of at least 4 members (excludes halogenated alkanes) is 2. The molecule has 1 aromatic carbocycles. The fourth-order valence-corrected chi connectivity index (χ4v) is 2.22. The van der Waals surface area contributed by atoms with Crippen molar-refractivity contribution >= 4 is 12.2 Å². The first-order valence-electron chi connectivity index (χ1n) is 8.92. The number of nitrogens with two attached hydrogens (primary N) is 2. The molecule has 0 unspecified atom stereocenters. The van der Waals surface area contributed by atoms with E-state index < -0.39 is 0 Å². The van der Waals surface area contributed by atoms with Crippen molar-refractivity contribution in [3.8, 4) is 5.75 Å². The van der Waals surface area contributed by atoms with Crippen LogP contribution < -0.4 is 26.8 Å². The van der Waals surface area contributed by atoms with E-state index in [1.165, 1.54) is 6.21 Å². The highest BCUT2D eigenvalue weighted by molar-refractivity contribution is 5.77. The van der Waals surface area contributed by atoms with Crippen molar-refractivity contribution in [2.45, 2.75) is 25.7 Å². The Morgan fingerprint density at radius 1 is 0.960 bits per heavy atom. The minimum Gasteiger partial charge on any atom is -0.494 e. The van der Waals surface area contributed by atoms with Gasteiger partial charge in [0, 0.05) is 25.8 Å². The maximum atomic E-state index is 7.15. The van der Waals surface area contributed by atoms with Crippen LogP contribution in [0.25, 0.3) is 0 Å². The highest BCUT2D eigenvalue weighted by Gasteiger charge is 1.95. The molecule has 25 heavy (non-hydrogen) atoms. The molecule has 140 valence electrons. The second-order valence-electron chi connectivity index (χ2n) is 5.78. The molecule has 0 radical (unpaired) electrons. The highest BCUT2D eigenvalue weighted by Crippen LogP contribution is 2.10. The van der Waals surface area contributed by atoms with Crippen molar-refractivity contribution in [1.29, 1.82) is 5.41 Å². The van der Waals surface area contributed by atoms with Gasteiger partial charge >= 0.3 is 0 Å². The van der Waals surface area contributed by atoms with Gasteiger partial charge in [0.25, 0.3) is 0 Å². The second kappa shape index (κ2) is 14.2. The number of guanidine groups is 1. The highest BCUT2D eigenvalue weighted by atomic mass is 16.5. The van der Waals surface area contributed by atoms with Gasteiger partial charge in [-0.2, -0.15) is 0 Å². The first-order valence-corrected chi connectivity index (χ1v) is 8.92. The van der Waals surface area contributed by atoms with E-state index in [2.05, 4.69) is 15.6 Å². The van der Waals surface area contributed by atoms with E-state index >= 15 is 0 Å². The molecule has 0 saturated heterocycles. The molecule has 1 rings (SSSR count). The molecule has 0 aromatic heterocycles. The minimum atomic E-state index is 0.176.